The zero-order valence-electron chi connectivity index (χ0n) is 11.8. The Bertz CT molecular complexity index is 596. The number of hydrogen-bond acceptors (Lipinski definition) is 3. The van der Waals surface area contributed by atoms with E-state index in [0.29, 0.717) is 6.54 Å². The maximum absolute atomic E-state index is 13.7. The highest BCUT2D eigenvalue weighted by Crippen LogP contribution is 2.21. The smallest absolute Gasteiger partial charge is 0.255 e. The molecule has 0 saturated heterocycles. The van der Waals surface area contributed by atoms with E-state index in [-0.39, 0.29) is 16.6 Å². The first-order valence-corrected chi connectivity index (χ1v) is 7.73. The summed E-state index contributed by atoms with van der Waals surface area (Å²) in [7, 11) is 3.87. The van der Waals surface area contributed by atoms with Gasteiger partial charge in [-0.25, -0.2) is 4.39 Å². The van der Waals surface area contributed by atoms with Crippen molar-refractivity contribution in [3.63, 3.8) is 0 Å². The van der Waals surface area contributed by atoms with Crippen LogP contribution in [0.5, 0.6) is 0 Å². The zero-order valence-corrected chi connectivity index (χ0v) is 13.3. The minimum atomic E-state index is -0.614. The Morgan fingerprint density at radius 1 is 1.43 bits per heavy atom. The first-order valence-electron chi connectivity index (χ1n) is 6.41. The first kappa shape index (κ1) is 15.9. The Labute approximate surface area is 132 Å². The maximum Gasteiger partial charge on any atom is 0.255 e. The molecule has 3 nitrogen and oxygen atoms in total. The standard InChI is InChI=1S/C15H16ClFN2OS/c1-19(2)13(10-6-7-21-9-10)8-18-15(20)14-11(16)4-3-5-12(14)17/h3-7,9,13H,8H2,1-2H3,(H,18,20). The summed E-state index contributed by atoms with van der Waals surface area (Å²) >= 11 is 7.49. The number of benzene rings is 1. The molecule has 1 aromatic carbocycles. The average molecular weight is 327 g/mol. The molecule has 2 rings (SSSR count). The molecule has 1 amide bonds. The van der Waals surface area contributed by atoms with Gasteiger partial charge in [0.1, 0.15) is 5.82 Å². The normalized spacial score (nSPS) is 12.4. The second-order valence-electron chi connectivity index (χ2n) is 4.84. The molecule has 21 heavy (non-hydrogen) atoms. The molecule has 1 N–H and O–H groups in total. The molecule has 0 saturated carbocycles. The monoisotopic (exact) mass is 326 g/mol. The van der Waals surface area contributed by atoms with Gasteiger partial charge < -0.3 is 10.2 Å². The molecule has 112 valence electrons. The van der Waals surface area contributed by atoms with Crippen LogP contribution in [-0.2, 0) is 0 Å². The van der Waals surface area contributed by atoms with Gasteiger partial charge in [0.05, 0.1) is 16.6 Å². The van der Waals surface area contributed by atoms with Crippen molar-refractivity contribution in [2.75, 3.05) is 20.6 Å². The number of carbonyl (C=O) groups excluding carboxylic acids is 1. The summed E-state index contributed by atoms with van der Waals surface area (Å²) in [6.45, 7) is 0.382. The summed E-state index contributed by atoms with van der Waals surface area (Å²) in [6.07, 6.45) is 0. The predicted octanol–water partition coefficient (Wildman–Crippen LogP) is 3.57. The molecule has 1 aromatic heterocycles. The van der Waals surface area contributed by atoms with Crippen molar-refractivity contribution in [2.24, 2.45) is 0 Å². The van der Waals surface area contributed by atoms with Crippen molar-refractivity contribution in [1.82, 2.24) is 10.2 Å². The fraction of sp³-hybridized carbons (Fsp3) is 0.267. The SMILES string of the molecule is CN(C)C(CNC(=O)c1c(F)cccc1Cl)c1ccsc1. The van der Waals surface area contributed by atoms with Crippen molar-refractivity contribution in [1.29, 1.82) is 0 Å². The van der Waals surface area contributed by atoms with Crippen LogP contribution in [0.2, 0.25) is 5.02 Å². The van der Waals surface area contributed by atoms with Gasteiger partial charge in [0.15, 0.2) is 0 Å². The molecule has 0 bridgehead atoms. The number of halogens is 2. The van der Waals surface area contributed by atoms with Crippen LogP contribution in [0, 0.1) is 5.82 Å². The van der Waals surface area contributed by atoms with Crippen LogP contribution in [0.25, 0.3) is 0 Å². The van der Waals surface area contributed by atoms with E-state index in [1.165, 1.54) is 18.2 Å². The van der Waals surface area contributed by atoms with Crippen molar-refractivity contribution < 1.29 is 9.18 Å². The molecule has 1 unspecified atom stereocenters. The van der Waals surface area contributed by atoms with E-state index in [2.05, 4.69) is 5.32 Å². The molecule has 2 aromatic rings. The molecule has 6 heteroatoms. The van der Waals surface area contributed by atoms with Crippen molar-refractivity contribution in [3.8, 4) is 0 Å². The maximum atomic E-state index is 13.7. The summed E-state index contributed by atoms with van der Waals surface area (Å²) in [4.78, 5) is 14.1. The van der Waals surface area contributed by atoms with Crippen LogP contribution in [0.1, 0.15) is 22.0 Å². The second-order valence-corrected chi connectivity index (χ2v) is 6.03. The molecule has 1 atom stereocenters. The minimum absolute atomic E-state index is 0.0331. The summed E-state index contributed by atoms with van der Waals surface area (Å²) < 4.78 is 13.7. The predicted molar refractivity (Wildman–Crippen MR) is 84.5 cm³/mol. The number of hydrogen-bond donors (Lipinski definition) is 1. The zero-order chi connectivity index (χ0) is 15.4. The van der Waals surface area contributed by atoms with Crippen LogP contribution in [0.3, 0.4) is 0 Å². The molecule has 0 aliphatic heterocycles. The molecular weight excluding hydrogens is 311 g/mol. The largest absolute Gasteiger partial charge is 0.350 e. The Balaban J connectivity index is 2.09. The van der Waals surface area contributed by atoms with Gasteiger partial charge in [-0.1, -0.05) is 17.7 Å². The highest BCUT2D eigenvalue weighted by Gasteiger charge is 2.19. The highest BCUT2D eigenvalue weighted by molar-refractivity contribution is 7.07. The van der Waals surface area contributed by atoms with Crippen LogP contribution in [-0.4, -0.2) is 31.4 Å². The van der Waals surface area contributed by atoms with Crippen molar-refractivity contribution in [3.05, 3.63) is 57.0 Å². The molecular formula is C15H16ClFN2OS. The second kappa shape index (κ2) is 7.02. The third kappa shape index (κ3) is 3.81. The lowest BCUT2D eigenvalue weighted by Crippen LogP contribution is -2.34. The van der Waals surface area contributed by atoms with Gasteiger partial charge in [0.2, 0.25) is 0 Å². The van der Waals surface area contributed by atoms with E-state index in [9.17, 15) is 9.18 Å². The van der Waals surface area contributed by atoms with Crippen molar-refractivity contribution >= 4 is 28.8 Å². The lowest BCUT2D eigenvalue weighted by Gasteiger charge is -2.24. The molecule has 0 radical (unpaired) electrons. The van der Waals surface area contributed by atoms with E-state index >= 15 is 0 Å². The quantitative estimate of drug-likeness (QED) is 0.911. The summed E-state index contributed by atoms with van der Waals surface area (Å²) in [5, 5.41) is 6.89. The van der Waals surface area contributed by atoms with E-state index in [0.717, 1.165) is 5.56 Å². The number of nitrogens with one attached hydrogen (secondary N) is 1. The average Bonchev–Trinajstić information content (AvgIpc) is 2.92. The topological polar surface area (TPSA) is 32.3 Å². The third-order valence-corrected chi connectivity index (χ3v) is 4.21. The fourth-order valence-electron chi connectivity index (χ4n) is 2.06. The third-order valence-electron chi connectivity index (χ3n) is 3.20. The van der Waals surface area contributed by atoms with Crippen molar-refractivity contribution in [2.45, 2.75) is 6.04 Å². The van der Waals surface area contributed by atoms with Gasteiger partial charge in [-0.3, -0.25) is 4.79 Å². The van der Waals surface area contributed by atoms with Gasteiger partial charge in [0.25, 0.3) is 5.91 Å². The molecule has 0 aliphatic carbocycles. The van der Waals surface area contributed by atoms with Gasteiger partial charge in [-0.15, -0.1) is 0 Å². The summed E-state index contributed by atoms with van der Waals surface area (Å²) in [6, 6.07) is 6.25. The number of rotatable bonds is 5. The number of thiophene rings is 1. The van der Waals surface area contributed by atoms with Crippen LogP contribution < -0.4 is 5.32 Å². The lowest BCUT2D eigenvalue weighted by molar-refractivity contribution is 0.0938. The molecule has 1 heterocycles. The number of likely N-dealkylation sites (N-methyl/N-ethyl adjacent to an activating group) is 1. The first-order chi connectivity index (χ1) is 10.0. The van der Waals surface area contributed by atoms with Crippen LogP contribution in [0.15, 0.2) is 35.0 Å². The van der Waals surface area contributed by atoms with Gasteiger partial charge in [-0.2, -0.15) is 11.3 Å². The van der Waals surface area contributed by atoms with Gasteiger partial charge in [-0.05, 0) is 48.6 Å². The lowest BCUT2D eigenvalue weighted by atomic mass is 10.1. The van der Waals surface area contributed by atoms with Gasteiger partial charge in [0, 0.05) is 6.54 Å². The Hall–Kier alpha value is -1.43. The van der Waals surface area contributed by atoms with E-state index in [1.807, 2.05) is 35.8 Å². The van der Waals surface area contributed by atoms with Gasteiger partial charge >= 0.3 is 0 Å². The Morgan fingerprint density at radius 2 is 2.19 bits per heavy atom. The summed E-state index contributed by atoms with van der Waals surface area (Å²) in [5.41, 5.74) is 1.01. The highest BCUT2D eigenvalue weighted by atomic mass is 35.5. The molecule has 0 spiro atoms. The Morgan fingerprint density at radius 3 is 2.76 bits per heavy atom. The van der Waals surface area contributed by atoms with E-state index in [1.54, 1.807) is 11.3 Å². The van der Waals surface area contributed by atoms with E-state index < -0.39 is 11.7 Å². The number of amides is 1. The minimum Gasteiger partial charge on any atom is -0.350 e. The van der Waals surface area contributed by atoms with Crippen LogP contribution in [0.4, 0.5) is 4.39 Å². The number of carbonyl (C=O) groups is 1. The molecule has 0 fully saturated rings. The van der Waals surface area contributed by atoms with Crippen LogP contribution >= 0.6 is 22.9 Å². The number of nitrogens with zero attached hydrogens (tertiary/aromatic N) is 1. The summed E-state index contributed by atoms with van der Waals surface area (Å²) in [5.74, 6) is -1.11. The molecule has 0 aliphatic rings. The Kier molecular flexibility index (Phi) is 5.33. The fourth-order valence-corrected chi connectivity index (χ4v) is 3.01. The van der Waals surface area contributed by atoms with E-state index in [4.69, 9.17) is 11.6 Å².